The van der Waals surface area contributed by atoms with E-state index in [9.17, 15) is 20.4 Å². The van der Waals surface area contributed by atoms with Gasteiger partial charge in [-0.05, 0) is 71.9 Å². The molecule has 0 aliphatic heterocycles. The number of phenols is 2. The molecule has 0 aromatic heterocycles. The van der Waals surface area contributed by atoms with Crippen LogP contribution in [0.2, 0.25) is 0 Å². The highest BCUT2D eigenvalue weighted by atomic mass is 16.5. The van der Waals surface area contributed by atoms with Crippen molar-refractivity contribution in [1.29, 1.82) is 0 Å². The van der Waals surface area contributed by atoms with Gasteiger partial charge in [-0.3, -0.25) is 0 Å². The van der Waals surface area contributed by atoms with Crippen LogP contribution in [0.5, 0.6) is 17.2 Å². The highest BCUT2D eigenvalue weighted by molar-refractivity contribution is 5.53. The van der Waals surface area contributed by atoms with E-state index < -0.39 is 11.7 Å². The van der Waals surface area contributed by atoms with Gasteiger partial charge in [0.05, 0.1) is 18.8 Å². The molecule has 0 amide bonds. The van der Waals surface area contributed by atoms with Gasteiger partial charge in [0.25, 0.3) is 0 Å². The Morgan fingerprint density at radius 2 is 1.74 bits per heavy atom. The molecule has 5 heteroatoms. The van der Waals surface area contributed by atoms with Gasteiger partial charge in [0.2, 0.25) is 0 Å². The topological polar surface area (TPSA) is 90.2 Å². The van der Waals surface area contributed by atoms with Crippen LogP contribution in [0.3, 0.4) is 0 Å². The molecule has 4 N–H and O–H groups in total. The molecule has 0 spiro atoms. The summed E-state index contributed by atoms with van der Waals surface area (Å²) in [4.78, 5) is 0. The van der Waals surface area contributed by atoms with Crippen molar-refractivity contribution >= 4 is 0 Å². The Morgan fingerprint density at radius 3 is 2.33 bits per heavy atom. The Morgan fingerprint density at radius 1 is 1.11 bits per heavy atom. The van der Waals surface area contributed by atoms with Crippen LogP contribution in [0.25, 0.3) is 0 Å². The summed E-state index contributed by atoms with van der Waals surface area (Å²) in [6, 6.07) is 3.05. The Labute approximate surface area is 162 Å². The number of aliphatic hydroxyl groups is 2. The first kappa shape index (κ1) is 23.1. The maximum atomic E-state index is 10.1. The molecule has 27 heavy (non-hydrogen) atoms. The molecule has 0 aliphatic carbocycles. The summed E-state index contributed by atoms with van der Waals surface area (Å²) in [5.41, 5.74) is 1.74. The van der Waals surface area contributed by atoms with Gasteiger partial charge in [-0.25, -0.2) is 0 Å². The summed E-state index contributed by atoms with van der Waals surface area (Å²) in [5.74, 6) is 0.377. The zero-order valence-corrected chi connectivity index (χ0v) is 17.1. The molecule has 152 valence electrons. The van der Waals surface area contributed by atoms with Crippen molar-refractivity contribution in [3.63, 3.8) is 0 Å². The predicted octanol–water partition coefficient (Wildman–Crippen LogP) is 4.23. The van der Waals surface area contributed by atoms with Crippen molar-refractivity contribution in [1.82, 2.24) is 0 Å². The second kappa shape index (κ2) is 10.4. The first-order chi connectivity index (χ1) is 12.6. The normalized spacial score (nSPS) is 14.3. The summed E-state index contributed by atoms with van der Waals surface area (Å²) < 4.78 is 5.08. The van der Waals surface area contributed by atoms with Crippen LogP contribution >= 0.6 is 0 Å². The van der Waals surface area contributed by atoms with E-state index in [1.165, 1.54) is 24.8 Å². The minimum atomic E-state index is -1.07. The van der Waals surface area contributed by atoms with E-state index in [0.29, 0.717) is 24.2 Å². The molecule has 1 rings (SSSR count). The lowest BCUT2D eigenvalue weighted by atomic mass is 9.95. The van der Waals surface area contributed by atoms with Gasteiger partial charge in [0.1, 0.15) is 5.75 Å². The molecule has 0 aliphatic rings. The van der Waals surface area contributed by atoms with E-state index in [1.807, 2.05) is 19.9 Å². The van der Waals surface area contributed by atoms with Crippen molar-refractivity contribution in [2.75, 3.05) is 7.11 Å². The van der Waals surface area contributed by atoms with Gasteiger partial charge in [-0.15, -0.1) is 0 Å². The number of hydrogen-bond acceptors (Lipinski definition) is 5. The minimum Gasteiger partial charge on any atom is -0.508 e. The maximum Gasteiger partial charge on any atom is 0.164 e. The lowest BCUT2D eigenvalue weighted by Crippen LogP contribution is -2.35. The lowest BCUT2D eigenvalue weighted by molar-refractivity contribution is -0.0509. The number of rotatable bonds is 10. The molecule has 1 unspecified atom stereocenters. The van der Waals surface area contributed by atoms with Crippen LogP contribution in [0.1, 0.15) is 58.9 Å². The molecule has 0 saturated carbocycles. The molecule has 1 aromatic rings. The predicted molar refractivity (Wildman–Crippen MR) is 108 cm³/mol. The Bertz CT molecular complexity index is 668. The van der Waals surface area contributed by atoms with Crippen molar-refractivity contribution in [3.8, 4) is 17.2 Å². The second-order valence-electron chi connectivity index (χ2n) is 7.67. The van der Waals surface area contributed by atoms with Gasteiger partial charge < -0.3 is 25.2 Å². The zero-order chi connectivity index (χ0) is 20.6. The van der Waals surface area contributed by atoms with E-state index in [0.717, 1.165) is 24.8 Å². The van der Waals surface area contributed by atoms with Crippen LogP contribution in [-0.4, -0.2) is 39.2 Å². The Balaban J connectivity index is 2.54. The van der Waals surface area contributed by atoms with Gasteiger partial charge in [0, 0.05) is 5.56 Å². The first-order valence-electron chi connectivity index (χ1n) is 9.35. The van der Waals surface area contributed by atoms with E-state index in [-0.39, 0.29) is 11.5 Å². The molecular weight excluding hydrogens is 344 g/mol. The Kier molecular flexibility index (Phi) is 8.86. The SMILES string of the molecule is COc1ccc(O)c(C/C=C(\C)CC/C=C(\C)CCC(O)C(C)(C)O)c1O. The highest BCUT2D eigenvalue weighted by Crippen LogP contribution is 2.36. The lowest BCUT2D eigenvalue weighted by Gasteiger charge is -2.24. The molecule has 1 aromatic carbocycles. The molecule has 5 nitrogen and oxygen atoms in total. The van der Waals surface area contributed by atoms with Crippen molar-refractivity contribution in [2.24, 2.45) is 0 Å². The average molecular weight is 379 g/mol. The number of benzene rings is 1. The molecule has 0 bridgehead atoms. The van der Waals surface area contributed by atoms with Crippen LogP contribution in [0.15, 0.2) is 35.4 Å². The van der Waals surface area contributed by atoms with Crippen LogP contribution < -0.4 is 4.74 Å². The summed E-state index contributed by atoms with van der Waals surface area (Å²) in [6.07, 6.45) is 6.88. The summed E-state index contributed by atoms with van der Waals surface area (Å²) in [7, 11) is 1.48. The minimum absolute atomic E-state index is 0.0253. The third-order valence-corrected chi connectivity index (χ3v) is 4.75. The number of aromatic hydroxyl groups is 2. The number of allylic oxidation sites excluding steroid dienone is 4. The smallest absolute Gasteiger partial charge is 0.164 e. The maximum absolute atomic E-state index is 10.1. The van der Waals surface area contributed by atoms with Gasteiger partial charge >= 0.3 is 0 Å². The van der Waals surface area contributed by atoms with E-state index in [2.05, 4.69) is 6.08 Å². The number of methoxy groups -OCH3 is 1. The third-order valence-electron chi connectivity index (χ3n) is 4.75. The van der Waals surface area contributed by atoms with Crippen LogP contribution in [-0.2, 0) is 6.42 Å². The second-order valence-corrected chi connectivity index (χ2v) is 7.67. The summed E-state index contributed by atoms with van der Waals surface area (Å²) in [6.45, 7) is 7.28. The fraction of sp³-hybridized carbons (Fsp3) is 0.545. The van der Waals surface area contributed by atoms with Crippen molar-refractivity contribution < 1.29 is 25.2 Å². The zero-order valence-electron chi connectivity index (χ0n) is 17.1. The van der Waals surface area contributed by atoms with Crippen LogP contribution in [0.4, 0.5) is 0 Å². The van der Waals surface area contributed by atoms with E-state index >= 15 is 0 Å². The highest BCUT2D eigenvalue weighted by Gasteiger charge is 2.23. The fourth-order valence-electron chi connectivity index (χ4n) is 2.71. The number of ether oxygens (including phenoxy) is 1. The summed E-state index contributed by atoms with van der Waals surface area (Å²) >= 11 is 0. The van der Waals surface area contributed by atoms with Gasteiger partial charge in [-0.1, -0.05) is 23.3 Å². The van der Waals surface area contributed by atoms with Crippen LogP contribution in [0, 0.1) is 0 Å². The van der Waals surface area contributed by atoms with Gasteiger partial charge in [-0.2, -0.15) is 0 Å². The van der Waals surface area contributed by atoms with Crippen molar-refractivity contribution in [3.05, 3.63) is 41.0 Å². The van der Waals surface area contributed by atoms with Crippen molar-refractivity contribution in [2.45, 2.75) is 71.5 Å². The fourth-order valence-corrected chi connectivity index (χ4v) is 2.71. The standard InChI is InChI=1S/C22H34O5/c1-15(7-6-8-16(2)10-14-20(24)22(3,4)26)9-11-17-18(23)12-13-19(27-5)21(17)25/h8-9,12-13,20,23-26H,6-7,10-11,14H2,1-5H3/b15-9+,16-8+. The molecule has 0 saturated heterocycles. The quantitative estimate of drug-likeness (QED) is 0.457. The molecule has 0 radical (unpaired) electrons. The summed E-state index contributed by atoms with van der Waals surface area (Å²) in [5, 5.41) is 39.7. The molecular formula is C22H34O5. The average Bonchev–Trinajstić information content (AvgIpc) is 2.58. The van der Waals surface area contributed by atoms with E-state index in [4.69, 9.17) is 4.74 Å². The number of phenolic OH excluding ortho intramolecular Hbond substituents is 2. The number of aliphatic hydroxyl groups excluding tert-OH is 1. The molecule has 0 fully saturated rings. The third kappa shape index (κ3) is 7.65. The van der Waals surface area contributed by atoms with Gasteiger partial charge in [0.15, 0.2) is 11.5 Å². The largest absolute Gasteiger partial charge is 0.508 e. The monoisotopic (exact) mass is 378 g/mol. The number of hydrogen-bond donors (Lipinski definition) is 4. The van der Waals surface area contributed by atoms with E-state index in [1.54, 1.807) is 13.8 Å². The first-order valence-corrected chi connectivity index (χ1v) is 9.35. The molecule has 0 heterocycles. The Hall–Kier alpha value is -1.98. The molecule has 1 atom stereocenters.